The monoisotopic (exact) mass is 437 g/mol. The van der Waals surface area contributed by atoms with Crippen LogP contribution in [0.4, 0.5) is 5.69 Å². The highest BCUT2D eigenvalue weighted by Gasteiger charge is 2.26. The van der Waals surface area contributed by atoms with Gasteiger partial charge in [0.25, 0.3) is 11.8 Å². The van der Waals surface area contributed by atoms with Crippen LogP contribution in [-0.4, -0.2) is 68.6 Å². The van der Waals surface area contributed by atoms with Gasteiger partial charge in [-0.25, -0.2) is 4.98 Å². The zero-order valence-corrected chi connectivity index (χ0v) is 17.0. The molecular weight excluding hydrogens is 420 g/mol. The molecule has 2 aromatic rings. The Labute approximate surface area is 175 Å². The van der Waals surface area contributed by atoms with Crippen LogP contribution in [0.1, 0.15) is 20.8 Å². The van der Waals surface area contributed by atoms with E-state index in [0.717, 1.165) is 0 Å². The average molecular weight is 438 g/mol. The minimum atomic E-state index is -2.50. The van der Waals surface area contributed by atoms with Crippen LogP contribution in [0.2, 0.25) is 5.02 Å². The molecule has 1 aliphatic heterocycles. The standard InChI is InChI=1S/C18H19ClN4O5S/c1-28-16-10-12(2-4-14(16)21-29(26)27)17(24)22-6-8-23(9-7-22)18(25)15-5-3-13(19)11-20-15/h2-5,10-11,21H,6-9H2,1H3,(H,26,27)/p-1. The molecule has 1 fully saturated rings. The van der Waals surface area contributed by atoms with Gasteiger partial charge < -0.3 is 23.8 Å². The molecule has 1 atom stereocenters. The molecule has 1 unspecified atom stereocenters. The van der Waals surface area contributed by atoms with Gasteiger partial charge in [-0.05, 0) is 30.3 Å². The number of piperazine rings is 1. The van der Waals surface area contributed by atoms with Crippen molar-refractivity contribution in [1.82, 2.24) is 14.8 Å². The number of hydrogen-bond donors (Lipinski definition) is 1. The van der Waals surface area contributed by atoms with E-state index in [4.69, 9.17) is 16.3 Å². The number of amides is 2. The Morgan fingerprint density at radius 2 is 1.79 bits per heavy atom. The zero-order chi connectivity index (χ0) is 21.0. The summed E-state index contributed by atoms with van der Waals surface area (Å²) in [7, 11) is 1.39. The molecule has 0 bridgehead atoms. The summed E-state index contributed by atoms with van der Waals surface area (Å²) in [5, 5.41) is 0.454. The van der Waals surface area contributed by atoms with Crippen molar-refractivity contribution in [2.24, 2.45) is 0 Å². The summed E-state index contributed by atoms with van der Waals surface area (Å²) in [5.74, 6) is -0.200. The number of rotatable bonds is 5. The average Bonchev–Trinajstić information content (AvgIpc) is 2.73. The van der Waals surface area contributed by atoms with Crippen molar-refractivity contribution in [3.8, 4) is 5.75 Å². The smallest absolute Gasteiger partial charge is 0.272 e. The summed E-state index contributed by atoms with van der Waals surface area (Å²) in [6.45, 7) is 1.48. The van der Waals surface area contributed by atoms with Gasteiger partial charge in [0.15, 0.2) is 0 Å². The lowest BCUT2D eigenvalue weighted by atomic mass is 10.1. The lowest BCUT2D eigenvalue weighted by Gasteiger charge is -2.34. The third kappa shape index (κ3) is 5.03. The minimum absolute atomic E-state index is 0.212. The number of methoxy groups -OCH3 is 1. The van der Waals surface area contributed by atoms with Crippen molar-refractivity contribution in [2.75, 3.05) is 38.0 Å². The van der Waals surface area contributed by atoms with Gasteiger partial charge in [-0.1, -0.05) is 11.6 Å². The normalized spacial score (nSPS) is 15.0. The lowest BCUT2D eigenvalue weighted by Crippen LogP contribution is -2.50. The van der Waals surface area contributed by atoms with Crippen molar-refractivity contribution < 1.29 is 23.1 Å². The van der Waals surface area contributed by atoms with E-state index >= 15 is 0 Å². The molecule has 2 amide bonds. The quantitative estimate of drug-likeness (QED) is 0.709. The van der Waals surface area contributed by atoms with Gasteiger partial charge in [0.1, 0.15) is 11.4 Å². The second-order valence-corrected chi connectivity index (χ2v) is 7.31. The highest BCUT2D eigenvalue weighted by Crippen LogP contribution is 2.26. The number of nitrogens with one attached hydrogen (secondary N) is 1. The molecular formula is C18H18ClN4O5S-. The van der Waals surface area contributed by atoms with Gasteiger partial charge in [-0.2, -0.15) is 0 Å². The van der Waals surface area contributed by atoms with Crippen LogP contribution in [0.5, 0.6) is 5.75 Å². The number of aromatic nitrogens is 1. The van der Waals surface area contributed by atoms with Gasteiger partial charge in [0, 0.05) is 49.2 Å². The molecule has 1 aromatic heterocycles. The fourth-order valence-electron chi connectivity index (χ4n) is 2.96. The maximum atomic E-state index is 12.8. The first-order chi connectivity index (χ1) is 13.9. The van der Waals surface area contributed by atoms with Crippen molar-refractivity contribution >= 4 is 40.4 Å². The van der Waals surface area contributed by atoms with Crippen molar-refractivity contribution in [3.63, 3.8) is 0 Å². The Kier molecular flexibility index (Phi) is 6.68. The number of anilines is 1. The van der Waals surface area contributed by atoms with E-state index in [1.807, 2.05) is 0 Å². The molecule has 1 aliphatic rings. The molecule has 1 N–H and O–H groups in total. The van der Waals surface area contributed by atoms with E-state index in [1.54, 1.807) is 21.9 Å². The third-order valence-corrected chi connectivity index (χ3v) is 5.05. The highest BCUT2D eigenvalue weighted by atomic mass is 35.5. The number of carbonyl (C=O) groups is 2. The van der Waals surface area contributed by atoms with Crippen molar-refractivity contribution in [2.45, 2.75) is 0 Å². The van der Waals surface area contributed by atoms with Crippen molar-refractivity contribution in [1.29, 1.82) is 0 Å². The van der Waals surface area contributed by atoms with E-state index in [0.29, 0.717) is 42.5 Å². The predicted molar refractivity (Wildman–Crippen MR) is 107 cm³/mol. The number of halogens is 1. The maximum Gasteiger partial charge on any atom is 0.272 e. The van der Waals surface area contributed by atoms with Gasteiger partial charge in [-0.3, -0.25) is 13.8 Å². The molecule has 154 valence electrons. The Balaban J connectivity index is 1.64. The molecule has 9 nitrogen and oxygen atoms in total. The number of pyridine rings is 1. The van der Waals surface area contributed by atoms with Crippen LogP contribution in [0.3, 0.4) is 0 Å². The fraction of sp³-hybridized carbons (Fsp3) is 0.278. The van der Waals surface area contributed by atoms with Crippen LogP contribution in [-0.2, 0) is 11.3 Å². The van der Waals surface area contributed by atoms with E-state index < -0.39 is 11.3 Å². The summed E-state index contributed by atoms with van der Waals surface area (Å²) in [5.41, 5.74) is 0.907. The van der Waals surface area contributed by atoms with Gasteiger partial charge in [0.05, 0.1) is 17.8 Å². The van der Waals surface area contributed by atoms with E-state index in [9.17, 15) is 18.4 Å². The molecule has 3 rings (SSSR count). The number of benzene rings is 1. The van der Waals surface area contributed by atoms with Crippen molar-refractivity contribution in [3.05, 3.63) is 52.8 Å². The summed E-state index contributed by atoms with van der Waals surface area (Å²) in [4.78, 5) is 32.6. The molecule has 1 aromatic carbocycles. The molecule has 0 aliphatic carbocycles. The first-order valence-electron chi connectivity index (χ1n) is 8.63. The number of hydrogen-bond acceptors (Lipinski definition) is 6. The number of nitrogens with zero attached hydrogens (tertiary/aromatic N) is 3. The summed E-state index contributed by atoms with van der Waals surface area (Å²) >= 11 is 3.29. The summed E-state index contributed by atoms with van der Waals surface area (Å²) in [6, 6.07) is 7.64. The predicted octanol–water partition coefficient (Wildman–Crippen LogP) is 1.55. The Morgan fingerprint density at radius 1 is 1.14 bits per heavy atom. The lowest BCUT2D eigenvalue weighted by molar-refractivity contribution is 0.0532. The van der Waals surface area contributed by atoms with E-state index in [2.05, 4.69) is 9.71 Å². The first kappa shape index (κ1) is 21.0. The van der Waals surface area contributed by atoms with Gasteiger partial charge >= 0.3 is 0 Å². The Morgan fingerprint density at radius 3 is 2.34 bits per heavy atom. The second-order valence-electron chi connectivity index (χ2n) is 6.20. The third-order valence-electron chi connectivity index (χ3n) is 4.44. The first-order valence-corrected chi connectivity index (χ1v) is 10.1. The van der Waals surface area contributed by atoms with Crippen LogP contribution in [0, 0.1) is 0 Å². The largest absolute Gasteiger partial charge is 0.755 e. The second kappa shape index (κ2) is 9.21. The Hall–Kier alpha value is -2.69. The molecule has 2 heterocycles. The minimum Gasteiger partial charge on any atom is -0.755 e. The zero-order valence-electron chi connectivity index (χ0n) is 15.5. The van der Waals surface area contributed by atoms with Gasteiger partial charge in [0.2, 0.25) is 0 Å². The van der Waals surface area contributed by atoms with Crippen LogP contribution in [0.25, 0.3) is 0 Å². The highest BCUT2D eigenvalue weighted by molar-refractivity contribution is 7.80. The fourth-order valence-corrected chi connectivity index (χ4v) is 3.42. The number of carbonyl (C=O) groups excluding carboxylic acids is 2. The van der Waals surface area contributed by atoms with Gasteiger partial charge in [-0.15, -0.1) is 0 Å². The SMILES string of the molecule is COc1cc(C(=O)N2CCN(C(=O)c3ccc(Cl)cn3)CC2)ccc1NS(=O)[O-]. The summed E-state index contributed by atoms with van der Waals surface area (Å²) in [6.07, 6.45) is 1.42. The number of ether oxygens (including phenoxy) is 1. The Bertz CT molecular complexity index is 932. The topological polar surface area (TPSA) is 115 Å². The molecule has 29 heavy (non-hydrogen) atoms. The summed E-state index contributed by atoms with van der Waals surface area (Å²) < 4.78 is 29.0. The molecule has 1 saturated heterocycles. The molecule has 0 saturated carbocycles. The maximum absolute atomic E-state index is 12.8. The molecule has 11 heteroatoms. The molecule has 0 radical (unpaired) electrons. The van der Waals surface area contributed by atoms with Crippen LogP contribution < -0.4 is 9.46 Å². The van der Waals surface area contributed by atoms with E-state index in [-0.39, 0.29) is 23.3 Å². The van der Waals surface area contributed by atoms with Crippen LogP contribution in [0.15, 0.2) is 36.5 Å². The van der Waals surface area contributed by atoms with Crippen LogP contribution >= 0.6 is 11.6 Å². The van der Waals surface area contributed by atoms with E-state index in [1.165, 1.54) is 31.5 Å². The molecule has 0 spiro atoms.